The van der Waals surface area contributed by atoms with E-state index < -0.39 is 11.4 Å². The summed E-state index contributed by atoms with van der Waals surface area (Å²) in [5.41, 5.74) is 0.760. The molecule has 1 aromatic heterocycles. The molecule has 5 nitrogen and oxygen atoms in total. The predicted octanol–water partition coefficient (Wildman–Crippen LogP) is 3.39. The Bertz CT molecular complexity index is 674. The lowest BCUT2D eigenvalue weighted by atomic mass is 9.85. The van der Waals surface area contributed by atoms with Crippen LogP contribution in [0.5, 0.6) is 0 Å². The average Bonchev–Trinajstić information content (AvgIpc) is 2.86. The fraction of sp³-hybridized carbons (Fsp3) is 0.200. The van der Waals surface area contributed by atoms with Crippen LogP contribution in [0, 0.1) is 0 Å². The minimum atomic E-state index is -0.965. The topological polar surface area (TPSA) is 82.2 Å². The smallest absolute Gasteiger partial charge is 0.313 e. The van der Waals surface area contributed by atoms with Gasteiger partial charge in [0.15, 0.2) is 0 Å². The van der Waals surface area contributed by atoms with Crippen molar-refractivity contribution in [3.8, 4) is 0 Å². The van der Waals surface area contributed by atoms with Crippen LogP contribution in [-0.2, 0) is 10.2 Å². The highest BCUT2D eigenvalue weighted by Crippen LogP contribution is 2.25. The summed E-state index contributed by atoms with van der Waals surface area (Å²) in [6.45, 7) is 3.28. The molecule has 0 saturated heterocycles. The molecule has 0 fully saturated rings. The molecule has 2 aromatic rings. The first-order valence-corrected chi connectivity index (χ1v) is 7.09. The molecule has 2 rings (SSSR count). The van der Waals surface area contributed by atoms with E-state index in [0.717, 1.165) is 4.47 Å². The van der Waals surface area contributed by atoms with E-state index in [2.05, 4.69) is 26.2 Å². The van der Waals surface area contributed by atoms with Crippen LogP contribution >= 0.6 is 15.9 Å². The van der Waals surface area contributed by atoms with E-state index in [1.165, 1.54) is 0 Å². The summed E-state index contributed by atoms with van der Waals surface area (Å²) in [7, 11) is 0. The van der Waals surface area contributed by atoms with Crippen molar-refractivity contribution in [3.05, 3.63) is 52.3 Å². The largest absolute Gasteiger partial charge is 0.481 e. The molecular weight excluding hydrogens is 336 g/mol. The highest BCUT2D eigenvalue weighted by molar-refractivity contribution is 9.10. The lowest BCUT2D eigenvalue weighted by Gasteiger charge is -2.19. The number of carboxylic acid groups (broad SMARTS) is 1. The van der Waals surface area contributed by atoms with E-state index in [9.17, 15) is 14.7 Å². The van der Waals surface area contributed by atoms with Gasteiger partial charge < -0.3 is 15.4 Å². The Hall–Kier alpha value is -2.08. The quantitative estimate of drug-likeness (QED) is 0.790. The van der Waals surface area contributed by atoms with Crippen molar-refractivity contribution in [2.75, 3.05) is 5.32 Å². The zero-order valence-electron chi connectivity index (χ0n) is 11.6. The molecular formula is C15H15BrN2O3. The zero-order valence-corrected chi connectivity index (χ0v) is 13.2. The lowest BCUT2D eigenvalue weighted by Crippen LogP contribution is -2.28. The summed E-state index contributed by atoms with van der Waals surface area (Å²) >= 11 is 3.26. The number of anilines is 1. The molecule has 0 unspecified atom stereocenters. The Morgan fingerprint density at radius 1 is 1.24 bits per heavy atom. The molecule has 6 heteroatoms. The first-order valence-electron chi connectivity index (χ1n) is 6.30. The van der Waals surface area contributed by atoms with Crippen LogP contribution in [0.1, 0.15) is 29.9 Å². The number of carbonyl (C=O) groups excluding carboxylic acids is 1. The number of H-pyrrole nitrogens is 1. The second kappa shape index (κ2) is 5.73. The standard InChI is InChI=1S/C15H15BrN2O3/c1-15(2,14(20)21)9-3-5-11(6-4-9)18-13(19)12-7-10(16)8-17-12/h3-8,17H,1-2H3,(H,18,19)(H,20,21). The van der Waals surface area contributed by atoms with Crippen molar-refractivity contribution in [3.63, 3.8) is 0 Å². The third kappa shape index (κ3) is 3.33. The maximum absolute atomic E-state index is 12.0. The molecule has 0 radical (unpaired) electrons. The Kier molecular flexibility index (Phi) is 4.18. The fourth-order valence-corrected chi connectivity index (χ4v) is 2.13. The van der Waals surface area contributed by atoms with Crippen LogP contribution in [0.4, 0.5) is 5.69 Å². The monoisotopic (exact) mass is 350 g/mol. The first-order chi connectivity index (χ1) is 9.80. The highest BCUT2D eigenvalue weighted by Gasteiger charge is 2.29. The highest BCUT2D eigenvalue weighted by atomic mass is 79.9. The molecule has 0 aliphatic carbocycles. The molecule has 1 heterocycles. The van der Waals surface area contributed by atoms with Gasteiger partial charge in [-0.25, -0.2) is 0 Å². The van der Waals surface area contributed by atoms with Crippen molar-refractivity contribution >= 4 is 33.5 Å². The van der Waals surface area contributed by atoms with Gasteiger partial charge in [-0.1, -0.05) is 12.1 Å². The minimum absolute atomic E-state index is 0.258. The summed E-state index contributed by atoms with van der Waals surface area (Å²) in [4.78, 5) is 26.0. The summed E-state index contributed by atoms with van der Waals surface area (Å²) in [5.74, 6) is -1.15. The maximum atomic E-state index is 12.0. The van der Waals surface area contributed by atoms with Crippen LogP contribution in [0.25, 0.3) is 0 Å². The van der Waals surface area contributed by atoms with E-state index in [0.29, 0.717) is 16.9 Å². The van der Waals surface area contributed by atoms with Crippen LogP contribution in [-0.4, -0.2) is 22.0 Å². The van der Waals surface area contributed by atoms with E-state index in [1.54, 1.807) is 50.4 Å². The number of rotatable bonds is 4. The normalized spacial score (nSPS) is 11.2. The lowest BCUT2D eigenvalue weighted by molar-refractivity contribution is -0.142. The molecule has 1 amide bonds. The number of nitrogens with one attached hydrogen (secondary N) is 2. The molecule has 0 aliphatic rings. The van der Waals surface area contributed by atoms with E-state index in [-0.39, 0.29) is 5.91 Å². The number of benzene rings is 1. The molecule has 0 atom stereocenters. The van der Waals surface area contributed by atoms with Gasteiger partial charge in [0, 0.05) is 16.4 Å². The molecule has 21 heavy (non-hydrogen) atoms. The Balaban J connectivity index is 2.13. The summed E-state index contributed by atoms with van der Waals surface area (Å²) < 4.78 is 0.797. The third-order valence-corrected chi connectivity index (χ3v) is 3.75. The molecule has 0 aliphatic heterocycles. The van der Waals surface area contributed by atoms with Gasteiger partial charge in [-0.05, 0) is 53.5 Å². The van der Waals surface area contributed by atoms with Crippen molar-refractivity contribution in [1.29, 1.82) is 0 Å². The minimum Gasteiger partial charge on any atom is -0.481 e. The fourth-order valence-electron chi connectivity index (χ4n) is 1.79. The number of hydrogen-bond acceptors (Lipinski definition) is 2. The van der Waals surface area contributed by atoms with Crippen LogP contribution in [0.15, 0.2) is 41.0 Å². The number of carbonyl (C=O) groups is 2. The first kappa shape index (κ1) is 15.3. The van der Waals surface area contributed by atoms with Gasteiger partial charge in [0.1, 0.15) is 5.69 Å². The van der Waals surface area contributed by atoms with Crippen LogP contribution in [0.3, 0.4) is 0 Å². The second-order valence-corrected chi connectivity index (χ2v) is 6.11. The average molecular weight is 351 g/mol. The number of hydrogen-bond donors (Lipinski definition) is 3. The number of halogens is 1. The van der Waals surface area contributed by atoms with Crippen LogP contribution < -0.4 is 5.32 Å². The number of aromatic amines is 1. The van der Waals surface area contributed by atoms with E-state index in [1.807, 2.05) is 0 Å². The number of aromatic nitrogens is 1. The summed E-state index contributed by atoms with van der Waals surface area (Å²) in [6, 6.07) is 8.46. The number of aliphatic carboxylic acids is 1. The second-order valence-electron chi connectivity index (χ2n) is 5.19. The van der Waals surface area contributed by atoms with Crippen molar-refractivity contribution in [2.24, 2.45) is 0 Å². The molecule has 0 bridgehead atoms. The molecule has 0 saturated carbocycles. The van der Waals surface area contributed by atoms with Crippen molar-refractivity contribution < 1.29 is 14.7 Å². The van der Waals surface area contributed by atoms with Gasteiger partial charge in [-0.2, -0.15) is 0 Å². The number of amides is 1. The molecule has 1 aromatic carbocycles. The Labute approximate surface area is 130 Å². The Morgan fingerprint density at radius 3 is 2.33 bits per heavy atom. The predicted molar refractivity (Wildman–Crippen MR) is 83.5 cm³/mol. The molecule has 3 N–H and O–H groups in total. The maximum Gasteiger partial charge on any atom is 0.313 e. The SMILES string of the molecule is CC(C)(C(=O)O)c1ccc(NC(=O)c2cc(Br)c[nH]2)cc1. The van der Waals surface area contributed by atoms with Crippen LogP contribution in [0.2, 0.25) is 0 Å². The van der Waals surface area contributed by atoms with E-state index in [4.69, 9.17) is 0 Å². The van der Waals surface area contributed by atoms with Gasteiger partial charge in [0.05, 0.1) is 5.41 Å². The van der Waals surface area contributed by atoms with Crippen molar-refractivity contribution in [1.82, 2.24) is 4.98 Å². The Morgan fingerprint density at radius 2 is 1.86 bits per heavy atom. The summed E-state index contributed by atoms with van der Waals surface area (Å²) in [5, 5.41) is 11.9. The van der Waals surface area contributed by atoms with Gasteiger partial charge >= 0.3 is 5.97 Å². The molecule has 110 valence electrons. The van der Waals surface area contributed by atoms with Gasteiger partial charge in [-0.15, -0.1) is 0 Å². The van der Waals surface area contributed by atoms with Gasteiger partial charge in [0.2, 0.25) is 0 Å². The van der Waals surface area contributed by atoms with Gasteiger partial charge in [0.25, 0.3) is 5.91 Å². The van der Waals surface area contributed by atoms with Crippen molar-refractivity contribution in [2.45, 2.75) is 19.3 Å². The third-order valence-electron chi connectivity index (χ3n) is 3.29. The van der Waals surface area contributed by atoms with E-state index >= 15 is 0 Å². The van der Waals surface area contributed by atoms with Gasteiger partial charge in [-0.3, -0.25) is 9.59 Å². The summed E-state index contributed by atoms with van der Waals surface area (Å²) in [6.07, 6.45) is 1.67. The zero-order chi connectivity index (χ0) is 15.6. The molecule has 0 spiro atoms. The number of carboxylic acids is 1.